The van der Waals surface area contributed by atoms with Gasteiger partial charge in [-0.05, 0) is 31.0 Å². The van der Waals surface area contributed by atoms with Gasteiger partial charge in [0.2, 0.25) is 0 Å². The average Bonchev–Trinajstić information content (AvgIpc) is 3.03. The number of rotatable bonds is 5. The maximum Gasteiger partial charge on any atom is 0.323 e. The lowest BCUT2D eigenvalue weighted by atomic mass is 10.1. The van der Waals surface area contributed by atoms with Crippen LogP contribution in [0.5, 0.6) is 5.75 Å². The monoisotopic (exact) mass is 342 g/mol. The summed E-state index contributed by atoms with van der Waals surface area (Å²) in [6.45, 7) is 6.35. The van der Waals surface area contributed by atoms with Crippen LogP contribution in [-0.4, -0.2) is 39.9 Å². The van der Waals surface area contributed by atoms with Crippen molar-refractivity contribution in [2.24, 2.45) is 0 Å². The average molecular weight is 342 g/mol. The van der Waals surface area contributed by atoms with Crippen molar-refractivity contribution >= 4 is 11.8 Å². The molecule has 1 aromatic carbocycles. The highest BCUT2D eigenvalue weighted by molar-refractivity contribution is 5.88. The smallest absolute Gasteiger partial charge is 0.323 e. The van der Waals surface area contributed by atoms with E-state index >= 15 is 0 Å². The van der Waals surface area contributed by atoms with Crippen molar-refractivity contribution in [3.8, 4) is 5.75 Å². The Morgan fingerprint density at radius 1 is 1.32 bits per heavy atom. The number of urea groups is 1. The second kappa shape index (κ2) is 8.05. The van der Waals surface area contributed by atoms with Crippen LogP contribution in [0.15, 0.2) is 36.5 Å². The minimum absolute atomic E-state index is 0.0631. The molecule has 6 nitrogen and oxygen atoms in total. The number of carbonyl (C=O) groups is 1. The van der Waals surface area contributed by atoms with E-state index in [0.29, 0.717) is 13.1 Å². The van der Waals surface area contributed by atoms with Crippen LogP contribution in [0.1, 0.15) is 31.7 Å². The molecule has 1 aliphatic rings. The molecule has 0 radical (unpaired) electrons. The molecule has 1 aliphatic heterocycles. The van der Waals surface area contributed by atoms with E-state index in [-0.39, 0.29) is 12.1 Å². The fourth-order valence-corrected chi connectivity index (χ4v) is 3.08. The van der Waals surface area contributed by atoms with E-state index in [1.807, 2.05) is 33.8 Å². The fourth-order valence-electron chi connectivity index (χ4n) is 3.08. The second-order valence-corrected chi connectivity index (χ2v) is 6.49. The van der Waals surface area contributed by atoms with Crippen molar-refractivity contribution in [3.05, 3.63) is 42.1 Å². The third kappa shape index (κ3) is 4.53. The summed E-state index contributed by atoms with van der Waals surface area (Å²) in [6.07, 6.45) is 4.54. The van der Waals surface area contributed by atoms with Crippen LogP contribution >= 0.6 is 0 Å². The molecule has 1 N–H and O–H groups in total. The van der Waals surface area contributed by atoms with Gasteiger partial charge in [-0.1, -0.05) is 19.1 Å². The van der Waals surface area contributed by atoms with E-state index in [9.17, 15) is 4.79 Å². The van der Waals surface area contributed by atoms with Gasteiger partial charge in [0.15, 0.2) is 0 Å². The molecule has 25 heavy (non-hydrogen) atoms. The van der Waals surface area contributed by atoms with Crippen LogP contribution in [0.3, 0.4) is 0 Å². The zero-order valence-electron chi connectivity index (χ0n) is 14.9. The lowest BCUT2D eigenvalue weighted by molar-refractivity contribution is 0.115. The van der Waals surface area contributed by atoms with Gasteiger partial charge in [-0.2, -0.15) is 5.10 Å². The van der Waals surface area contributed by atoms with Gasteiger partial charge in [0.25, 0.3) is 0 Å². The fraction of sp³-hybridized carbons (Fsp3) is 0.474. The number of benzene rings is 1. The Morgan fingerprint density at radius 2 is 2.12 bits per heavy atom. The van der Waals surface area contributed by atoms with Gasteiger partial charge in [0, 0.05) is 38.5 Å². The van der Waals surface area contributed by atoms with E-state index in [0.717, 1.165) is 37.4 Å². The van der Waals surface area contributed by atoms with Gasteiger partial charge in [-0.15, -0.1) is 0 Å². The van der Waals surface area contributed by atoms with Gasteiger partial charge < -0.3 is 9.64 Å². The summed E-state index contributed by atoms with van der Waals surface area (Å²) in [7, 11) is 0. The number of aryl methyl sites for hydroxylation is 2. The first-order valence-corrected chi connectivity index (χ1v) is 8.97. The summed E-state index contributed by atoms with van der Waals surface area (Å²) < 4.78 is 7.87. The molecule has 2 amide bonds. The predicted molar refractivity (Wildman–Crippen MR) is 97.9 cm³/mol. The van der Waals surface area contributed by atoms with E-state index in [2.05, 4.69) is 30.3 Å². The van der Waals surface area contributed by atoms with Gasteiger partial charge in [0.1, 0.15) is 17.7 Å². The van der Waals surface area contributed by atoms with Crippen LogP contribution < -0.4 is 10.1 Å². The number of hydrogen-bond acceptors (Lipinski definition) is 3. The lowest BCUT2D eigenvalue weighted by Gasteiger charge is -2.32. The summed E-state index contributed by atoms with van der Waals surface area (Å²) in [5, 5.41) is 7.20. The van der Waals surface area contributed by atoms with Crippen LogP contribution in [0.2, 0.25) is 0 Å². The summed E-state index contributed by atoms with van der Waals surface area (Å²) in [5.41, 5.74) is 1.19. The van der Waals surface area contributed by atoms with E-state index in [1.165, 1.54) is 5.56 Å². The number of ether oxygens (including phenoxy) is 1. The Hall–Kier alpha value is -2.50. The molecule has 1 fully saturated rings. The number of aromatic nitrogens is 2. The molecule has 0 unspecified atom stereocenters. The highest BCUT2D eigenvalue weighted by Gasteiger charge is 2.24. The minimum atomic E-state index is -0.0631. The largest absolute Gasteiger partial charge is 0.490 e. The molecule has 0 atom stereocenters. The molecular formula is C19H26N4O2. The van der Waals surface area contributed by atoms with Gasteiger partial charge >= 0.3 is 6.03 Å². The Morgan fingerprint density at radius 3 is 2.84 bits per heavy atom. The first-order valence-electron chi connectivity index (χ1n) is 8.97. The number of carbonyl (C=O) groups excluding carboxylic acids is 1. The Bertz CT molecular complexity index is 705. The highest BCUT2D eigenvalue weighted by atomic mass is 16.5. The number of hydrogen-bond donors (Lipinski definition) is 1. The first-order chi connectivity index (χ1) is 12.2. The van der Waals surface area contributed by atoms with Crippen LogP contribution in [-0.2, 0) is 6.54 Å². The maximum atomic E-state index is 12.5. The molecule has 0 aliphatic carbocycles. The second-order valence-electron chi connectivity index (χ2n) is 6.49. The summed E-state index contributed by atoms with van der Waals surface area (Å²) in [5.74, 6) is 1.66. The molecule has 6 heteroatoms. The van der Waals surface area contributed by atoms with Gasteiger partial charge in [-0.3, -0.25) is 5.32 Å². The van der Waals surface area contributed by atoms with Crippen molar-refractivity contribution in [3.63, 3.8) is 0 Å². The van der Waals surface area contributed by atoms with E-state index < -0.39 is 0 Å². The number of nitrogens with zero attached hydrogens (tertiary/aromatic N) is 3. The topological polar surface area (TPSA) is 59.4 Å². The molecule has 134 valence electrons. The number of piperidine rings is 1. The predicted octanol–water partition coefficient (Wildman–Crippen LogP) is 3.68. The summed E-state index contributed by atoms with van der Waals surface area (Å²) >= 11 is 0. The standard InChI is InChI=1S/C19H26N4O2/c1-3-11-23-18(7-10-20-23)21-19(24)22-12-8-16(9-13-22)25-17-6-4-5-15(2)14-17/h4-7,10,14,16H,3,8-9,11-13H2,1-2H3,(H,21,24). The zero-order valence-corrected chi connectivity index (χ0v) is 14.9. The molecule has 0 saturated carbocycles. The molecule has 2 heterocycles. The van der Waals surface area contributed by atoms with Gasteiger partial charge in [-0.25, -0.2) is 9.48 Å². The van der Waals surface area contributed by atoms with Crippen molar-refractivity contribution in [2.75, 3.05) is 18.4 Å². The number of anilines is 1. The molecular weight excluding hydrogens is 316 g/mol. The van der Waals surface area contributed by atoms with Crippen LogP contribution in [0, 0.1) is 6.92 Å². The lowest BCUT2D eigenvalue weighted by Crippen LogP contribution is -2.44. The van der Waals surface area contributed by atoms with Crippen LogP contribution in [0.4, 0.5) is 10.6 Å². The third-order valence-electron chi connectivity index (χ3n) is 4.41. The molecule has 0 spiro atoms. The SMILES string of the molecule is CCCn1nccc1NC(=O)N1CCC(Oc2cccc(C)c2)CC1. The van der Waals surface area contributed by atoms with Crippen molar-refractivity contribution < 1.29 is 9.53 Å². The van der Waals surface area contributed by atoms with E-state index in [4.69, 9.17) is 4.74 Å². The van der Waals surface area contributed by atoms with Crippen molar-refractivity contribution in [2.45, 2.75) is 45.8 Å². The Kier molecular flexibility index (Phi) is 5.58. The molecule has 0 bridgehead atoms. The third-order valence-corrected chi connectivity index (χ3v) is 4.41. The summed E-state index contributed by atoms with van der Waals surface area (Å²) in [4.78, 5) is 14.3. The first kappa shape index (κ1) is 17.3. The molecule has 1 aromatic heterocycles. The van der Waals surface area contributed by atoms with Crippen LogP contribution in [0.25, 0.3) is 0 Å². The molecule has 3 rings (SSSR count). The molecule has 2 aromatic rings. The number of nitrogens with one attached hydrogen (secondary N) is 1. The van der Waals surface area contributed by atoms with Crippen molar-refractivity contribution in [1.29, 1.82) is 0 Å². The van der Waals surface area contributed by atoms with Crippen molar-refractivity contribution in [1.82, 2.24) is 14.7 Å². The zero-order chi connectivity index (χ0) is 17.6. The number of likely N-dealkylation sites (tertiary alicyclic amines) is 1. The Balaban J connectivity index is 1.50. The normalized spacial score (nSPS) is 15.2. The molecule has 1 saturated heterocycles. The van der Waals surface area contributed by atoms with E-state index in [1.54, 1.807) is 6.20 Å². The number of amides is 2. The highest BCUT2D eigenvalue weighted by Crippen LogP contribution is 2.20. The minimum Gasteiger partial charge on any atom is -0.490 e. The quantitative estimate of drug-likeness (QED) is 0.902. The summed E-state index contributed by atoms with van der Waals surface area (Å²) in [6, 6.07) is 9.87. The Labute approximate surface area is 148 Å². The maximum absolute atomic E-state index is 12.5. The van der Waals surface area contributed by atoms with Gasteiger partial charge in [0.05, 0.1) is 6.20 Å².